The predicted octanol–water partition coefficient (Wildman–Crippen LogP) is 12.2. The average molecular weight is 1210 g/mol. The number of nitrogens with zero attached hydrogens (tertiary/aromatic N) is 9. The molecule has 448 valence electrons. The molecule has 3 saturated heterocycles. The fourth-order valence-corrected chi connectivity index (χ4v) is 13.9. The van der Waals surface area contributed by atoms with Gasteiger partial charge in [0, 0.05) is 60.4 Å². The molecular formula is C64H67ClF2N10O8S. The van der Waals surface area contributed by atoms with Crippen LogP contribution in [0.15, 0.2) is 65.3 Å². The number of hydrogen-bond acceptors (Lipinski definition) is 16. The summed E-state index contributed by atoms with van der Waals surface area (Å²) in [6.07, 6.45) is 8.82. The number of fused-ring (bicyclic) bond motifs is 5. The molecule has 3 amide bonds. The second-order valence-electron chi connectivity index (χ2n) is 22.9. The second kappa shape index (κ2) is 25.0. The third-order valence-electron chi connectivity index (χ3n) is 16.6. The maximum atomic E-state index is 17.8. The lowest BCUT2D eigenvalue weighted by Crippen LogP contribution is -2.49. The van der Waals surface area contributed by atoms with Crippen molar-refractivity contribution in [1.29, 1.82) is 10.5 Å². The summed E-state index contributed by atoms with van der Waals surface area (Å²) in [6, 6.07) is 13.5. The molecule has 0 radical (unpaired) electrons. The van der Waals surface area contributed by atoms with Crippen LogP contribution in [0.2, 0.25) is 5.02 Å². The third-order valence-corrected chi connectivity index (χ3v) is 18.0. The maximum Gasteiger partial charge on any atom is 0.412 e. The highest BCUT2D eigenvalue weighted by Crippen LogP contribution is 2.48. The topological polar surface area (TPSA) is 216 Å². The lowest BCUT2D eigenvalue weighted by atomic mass is 9.89. The Hall–Kier alpha value is -8.24. The van der Waals surface area contributed by atoms with Crippen molar-refractivity contribution >= 4 is 95.7 Å². The molecule has 6 aromatic rings. The van der Waals surface area contributed by atoms with Gasteiger partial charge in [-0.15, -0.1) is 11.3 Å². The molecule has 22 heteroatoms. The molecule has 3 fully saturated rings. The standard InChI is InChI=1S/C62H64ClF2N9O8S.C2H3N/c1-8-35(31-79-36-13-16-47-41(25-36)37(9-2)44-29-73(33-75)48(52(44)67-47)27-40-34(4)30-80-58(77)38(40)10-3)57(76)72-23-21-71(22-24-72)55-42-26-45(63)50(51(65)53(42)68-59(69-55)81-32-62-17-11-19-74(62)20-12-18-62)39-14-15-46(64)54-49(39)43(28-66)56(83-54)70-60(78)82-61(5,6)7;1-2-3/h8,13-16,25-27,33,38H,9-12,17-24,29-32H2,1-7H3,(H,70,78);1H3/b35-8+,48-27-;. The maximum absolute atomic E-state index is 17.8. The van der Waals surface area contributed by atoms with Crippen LogP contribution >= 0.6 is 22.9 Å². The summed E-state index contributed by atoms with van der Waals surface area (Å²) in [5, 5.41) is 21.6. The van der Waals surface area contributed by atoms with Gasteiger partial charge in [-0.2, -0.15) is 20.5 Å². The first-order chi connectivity index (χ1) is 41.3. The third kappa shape index (κ3) is 11.6. The molecule has 1 N–H and O–H groups in total. The molecule has 11 rings (SSSR count). The van der Waals surface area contributed by atoms with Gasteiger partial charge < -0.3 is 33.6 Å². The van der Waals surface area contributed by atoms with Crippen LogP contribution in [-0.2, 0) is 36.8 Å². The van der Waals surface area contributed by atoms with E-state index in [1.54, 1.807) is 55.7 Å². The molecule has 0 aliphatic carbocycles. The fraction of sp³-hybridized carbons (Fsp3) is 0.422. The Morgan fingerprint density at radius 1 is 1.00 bits per heavy atom. The number of aromatic nitrogens is 3. The van der Waals surface area contributed by atoms with Crippen LogP contribution in [0.5, 0.6) is 11.8 Å². The zero-order chi connectivity index (χ0) is 61.4. The lowest BCUT2D eigenvalue weighted by Gasteiger charge is -2.36. The SMILES string of the molecule is C/C=C(\COc1ccc2nc3c(c(CC)c2c1)CN(C=O)/C3=C\C1=C(C)COC(=O)C1CC)C(=O)N1CCN(c2nc(OCC34CCCN3CCC4)nc3c(F)c(-c4ccc(F)c5sc(NC(=O)OC(C)(C)C)c(C#N)c45)c(Cl)cc23)CC1.CC#N. The van der Waals surface area contributed by atoms with Crippen molar-refractivity contribution in [1.82, 2.24) is 29.7 Å². The van der Waals surface area contributed by atoms with Gasteiger partial charge in [-0.05, 0) is 145 Å². The zero-order valence-corrected chi connectivity index (χ0v) is 51.0. The summed E-state index contributed by atoms with van der Waals surface area (Å²) in [6.45, 7) is 18.2. The van der Waals surface area contributed by atoms with Gasteiger partial charge in [0.15, 0.2) is 5.82 Å². The number of thiophene rings is 1. The number of nitrogens with one attached hydrogen (secondary N) is 1. The number of hydrogen-bond donors (Lipinski definition) is 1. The van der Waals surface area contributed by atoms with E-state index in [1.165, 1.54) is 19.1 Å². The summed E-state index contributed by atoms with van der Waals surface area (Å²) in [5.41, 5.74) is 4.99. The van der Waals surface area contributed by atoms with Gasteiger partial charge in [-0.1, -0.05) is 37.6 Å². The number of piperazine rings is 1. The average Bonchev–Trinajstić information content (AvgIpc) is 2.13. The molecule has 8 heterocycles. The van der Waals surface area contributed by atoms with Crippen LogP contribution in [0.1, 0.15) is 110 Å². The normalized spacial score (nSPS) is 18.2. The van der Waals surface area contributed by atoms with Crippen molar-refractivity contribution in [3.05, 3.63) is 104 Å². The highest BCUT2D eigenvalue weighted by molar-refractivity contribution is 7.23. The summed E-state index contributed by atoms with van der Waals surface area (Å²) in [4.78, 5) is 75.0. The molecule has 3 aromatic carbocycles. The number of rotatable bonds is 14. The molecular weight excluding hydrogens is 1140 g/mol. The Balaban J connectivity index is 0.00000268. The Morgan fingerprint density at radius 2 is 1.73 bits per heavy atom. The Labute approximate surface area is 506 Å². The molecule has 1 unspecified atom stereocenters. The minimum atomic E-state index is -0.857. The van der Waals surface area contributed by atoms with Gasteiger partial charge in [0.2, 0.25) is 6.41 Å². The molecule has 18 nitrogen and oxygen atoms in total. The molecule has 5 aliphatic heterocycles. The monoisotopic (exact) mass is 1210 g/mol. The Bertz CT molecular complexity index is 3920. The first-order valence-electron chi connectivity index (χ1n) is 28.9. The largest absolute Gasteiger partial charge is 0.489 e. The second-order valence-corrected chi connectivity index (χ2v) is 24.4. The van der Waals surface area contributed by atoms with Crippen molar-refractivity contribution in [2.75, 3.05) is 69.3 Å². The Kier molecular flexibility index (Phi) is 17.7. The summed E-state index contributed by atoms with van der Waals surface area (Å²) in [5.74, 6) is -1.54. The lowest BCUT2D eigenvalue weighted by molar-refractivity contribution is -0.147. The number of carbonyl (C=O) groups is 4. The number of carbonyl (C=O) groups excluding carboxylic acids is 4. The van der Waals surface area contributed by atoms with Crippen LogP contribution < -0.4 is 19.7 Å². The first kappa shape index (κ1) is 60.9. The van der Waals surface area contributed by atoms with Crippen molar-refractivity contribution < 1.29 is 46.9 Å². The van der Waals surface area contributed by atoms with Gasteiger partial charge in [0.05, 0.1) is 61.8 Å². The van der Waals surface area contributed by atoms with Crippen LogP contribution in [0.4, 0.5) is 24.4 Å². The quantitative estimate of drug-likeness (QED) is 0.0609. The summed E-state index contributed by atoms with van der Waals surface area (Å²) >= 11 is 7.93. The van der Waals surface area contributed by atoms with Crippen molar-refractivity contribution in [2.45, 2.75) is 112 Å². The van der Waals surface area contributed by atoms with Crippen molar-refractivity contribution in [3.8, 4) is 35.0 Å². The minimum absolute atomic E-state index is 0.00727. The van der Waals surface area contributed by atoms with Crippen LogP contribution in [-0.4, -0.2) is 124 Å². The van der Waals surface area contributed by atoms with E-state index in [9.17, 15) is 24.4 Å². The van der Waals surface area contributed by atoms with Gasteiger partial charge in [-0.3, -0.25) is 24.6 Å². The van der Waals surface area contributed by atoms with Gasteiger partial charge in [0.25, 0.3) is 5.91 Å². The number of benzene rings is 3. The van der Waals surface area contributed by atoms with Crippen molar-refractivity contribution in [2.24, 2.45) is 5.92 Å². The molecule has 0 spiro atoms. The number of anilines is 2. The van der Waals surface area contributed by atoms with E-state index in [0.29, 0.717) is 73.1 Å². The molecule has 5 aliphatic rings. The predicted molar refractivity (Wildman–Crippen MR) is 326 cm³/mol. The number of pyridine rings is 1. The molecule has 3 aromatic heterocycles. The molecule has 86 heavy (non-hydrogen) atoms. The van der Waals surface area contributed by atoms with E-state index < -0.39 is 29.2 Å². The van der Waals surface area contributed by atoms with Crippen LogP contribution in [0, 0.1) is 40.2 Å². The van der Waals surface area contributed by atoms with E-state index in [4.69, 9.17) is 50.8 Å². The van der Waals surface area contributed by atoms with Crippen LogP contribution in [0.25, 0.3) is 48.7 Å². The van der Waals surface area contributed by atoms with E-state index in [1.807, 2.05) is 43.0 Å². The van der Waals surface area contributed by atoms with Gasteiger partial charge in [-0.25, -0.2) is 18.6 Å². The first-order valence-corrected chi connectivity index (χ1v) is 30.1. The van der Waals surface area contributed by atoms with Gasteiger partial charge in [0.1, 0.15) is 59.4 Å². The summed E-state index contributed by atoms with van der Waals surface area (Å²) in [7, 11) is 0. The molecule has 0 bridgehead atoms. The number of aryl methyl sites for hydroxylation is 1. The fourth-order valence-electron chi connectivity index (χ4n) is 12.5. The highest BCUT2D eigenvalue weighted by atomic mass is 35.5. The number of ether oxygens (including phenoxy) is 4. The van der Waals surface area contributed by atoms with Crippen molar-refractivity contribution in [3.63, 3.8) is 0 Å². The van der Waals surface area contributed by atoms with E-state index in [2.05, 4.69) is 23.2 Å². The number of esters is 1. The molecule has 1 atom stereocenters. The number of halogens is 3. The number of cyclic esters (lactones) is 1. The number of allylic oxidation sites excluding steroid dienone is 2. The smallest absolute Gasteiger partial charge is 0.412 e. The number of amides is 3. The van der Waals surface area contributed by atoms with Gasteiger partial charge >= 0.3 is 18.1 Å². The number of nitriles is 2. The van der Waals surface area contributed by atoms with E-state index >= 15 is 8.78 Å². The van der Waals surface area contributed by atoms with E-state index in [0.717, 1.165) is 84.2 Å². The molecule has 0 saturated carbocycles. The zero-order valence-electron chi connectivity index (χ0n) is 49.4. The summed E-state index contributed by atoms with van der Waals surface area (Å²) < 4.78 is 57.1. The van der Waals surface area contributed by atoms with Crippen LogP contribution in [0.3, 0.4) is 0 Å². The highest BCUT2D eigenvalue weighted by Gasteiger charge is 2.45. The van der Waals surface area contributed by atoms with E-state index in [-0.39, 0.29) is 97.4 Å². The Morgan fingerprint density at radius 3 is 2.40 bits per heavy atom. The minimum Gasteiger partial charge on any atom is -0.489 e.